The number of rotatable bonds is 8. The van der Waals surface area contributed by atoms with Gasteiger partial charge in [-0.05, 0) is 66.4 Å². The number of aromatic amines is 1. The third-order valence-electron chi connectivity index (χ3n) is 4.70. The van der Waals surface area contributed by atoms with Crippen LogP contribution in [0.4, 0.5) is 4.79 Å². The van der Waals surface area contributed by atoms with Gasteiger partial charge in [-0.1, -0.05) is 13.8 Å². The van der Waals surface area contributed by atoms with Gasteiger partial charge in [-0.3, -0.25) is 4.79 Å². The molecule has 7 nitrogen and oxygen atoms in total. The zero-order valence-corrected chi connectivity index (χ0v) is 19.4. The van der Waals surface area contributed by atoms with E-state index in [1.165, 1.54) is 0 Å². The lowest BCUT2D eigenvalue weighted by molar-refractivity contribution is 0.0519. The fraction of sp³-hybridized carbons (Fsp3) is 0.682. The van der Waals surface area contributed by atoms with Crippen LogP contribution in [0.2, 0.25) is 0 Å². The van der Waals surface area contributed by atoms with Gasteiger partial charge in [0.1, 0.15) is 5.69 Å². The summed E-state index contributed by atoms with van der Waals surface area (Å²) in [5.74, 6) is -0.282. The molecule has 0 saturated carbocycles. The van der Waals surface area contributed by atoms with Crippen molar-refractivity contribution in [2.45, 2.75) is 80.3 Å². The molecule has 1 heterocycles. The average molecular weight is 408 g/mol. The Hall–Kier alpha value is -2.31. The lowest BCUT2D eigenvalue weighted by atomic mass is 9.99. The summed E-state index contributed by atoms with van der Waals surface area (Å²) in [4.78, 5) is 43.0. The molecule has 0 aliphatic heterocycles. The van der Waals surface area contributed by atoms with Crippen LogP contribution in [0.3, 0.4) is 0 Å². The monoisotopic (exact) mass is 407 g/mol. The minimum atomic E-state index is -0.667. The van der Waals surface area contributed by atoms with Crippen LogP contribution >= 0.6 is 0 Å². The molecule has 1 unspecified atom stereocenters. The molecule has 1 aromatic heterocycles. The summed E-state index contributed by atoms with van der Waals surface area (Å²) in [5, 5.41) is 2.95. The summed E-state index contributed by atoms with van der Waals surface area (Å²) >= 11 is 0. The number of nitrogens with one attached hydrogen (secondary N) is 2. The highest BCUT2D eigenvalue weighted by atomic mass is 16.5. The van der Waals surface area contributed by atoms with Crippen LogP contribution in [0, 0.1) is 19.8 Å². The molecule has 1 aromatic rings. The fourth-order valence-corrected chi connectivity index (χ4v) is 3.14. The quantitative estimate of drug-likeness (QED) is 0.498. The van der Waals surface area contributed by atoms with E-state index in [-0.39, 0.29) is 24.1 Å². The van der Waals surface area contributed by atoms with Gasteiger partial charge in [-0.2, -0.15) is 0 Å². The maximum Gasteiger partial charge on any atom is 0.355 e. The van der Waals surface area contributed by atoms with Crippen molar-refractivity contribution >= 4 is 17.8 Å². The third kappa shape index (κ3) is 6.61. The normalized spacial score (nSPS) is 12.6. The van der Waals surface area contributed by atoms with Crippen molar-refractivity contribution in [3.05, 3.63) is 22.5 Å². The largest absolute Gasteiger partial charge is 0.461 e. The van der Waals surface area contributed by atoms with Crippen molar-refractivity contribution in [1.29, 1.82) is 0 Å². The number of hydrogen-bond acceptors (Lipinski definition) is 4. The lowest BCUT2D eigenvalue weighted by Gasteiger charge is -2.32. The summed E-state index contributed by atoms with van der Waals surface area (Å²) in [6, 6.07) is -0.935. The molecular formula is C22H37N3O4. The highest BCUT2D eigenvalue weighted by Gasteiger charge is 2.32. The molecule has 0 aliphatic rings. The highest BCUT2D eigenvalue weighted by Crippen LogP contribution is 2.23. The van der Waals surface area contributed by atoms with Crippen molar-refractivity contribution in [2.75, 3.05) is 13.2 Å². The number of ether oxygens (including phenoxy) is 1. The molecule has 2 amide bonds. The Morgan fingerprint density at radius 3 is 2.21 bits per heavy atom. The fourth-order valence-electron chi connectivity index (χ4n) is 3.14. The van der Waals surface area contributed by atoms with Crippen molar-refractivity contribution in [3.8, 4) is 0 Å². The summed E-state index contributed by atoms with van der Waals surface area (Å²) < 4.78 is 5.07. The van der Waals surface area contributed by atoms with Crippen molar-refractivity contribution in [2.24, 2.45) is 5.92 Å². The lowest BCUT2D eigenvalue weighted by Crippen LogP contribution is -2.53. The topological polar surface area (TPSA) is 91.5 Å². The molecule has 0 saturated heterocycles. The first-order chi connectivity index (χ1) is 13.3. The van der Waals surface area contributed by atoms with Gasteiger partial charge in [-0.15, -0.1) is 0 Å². The van der Waals surface area contributed by atoms with Crippen molar-refractivity contribution < 1.29 is 19.1 Å². The molecule has 164 valence electrons. The maximum absolute atomic E-state index is 13.3. The summed E-state index contributed by atoms with van der Waals surface area (Å²) in [7, 11) is 0. The summed E-state index contributed by atoms with van der Waals surface area (Å²) in [6.45, 7) is 17.6. The predicted molar refractivity (Wildman–Crippen MR) is 114 cm³/mol. The molecule has 7 heteroatoms. The Labute approximate surface area is 174 Å². The Kier molecular flexibility index (Phi) is 8.48. The van der Waals surface area contributed by atoms with Crippen molar-refractivity contribution in [3.63, 3.8) is 0 Å². The highest BCUT2D eigenvalue weighted by molar-refractivity contribution is 6.06. The van der Waals surface area contributed by atoms with E-state index in [1.807, 2.05) is 20.8 Å². The molecule has 0 bridgehead atoms. The first kappa shape index (κ1) is 24.7. The number of amides is 2. The summed E-state index contributed by atoms with van der Waals surface area (Å²) in [5.41, 5.74) is 1.47. The number of esters is 1. The first-order valence-corrected chi connectivity index (χ1v) is 10.3. The van der Waals surface area contributed by atoms with Gasteiger partial charge in [0, 0.05) is 23.3 Å². The second-order valence-electron chi connectivity index (χ2n) is 8.94. The Balaban J connectivity index is 3.22. The van der Waals surface area contributed by atoms with Gasteiger partial charge in [0.25, 0.3) is 0 Å². The van der Waals surface area contributed by atoms with Crippen LogP contribution in [0.5, 0.6) is 0 Å². The van der Waals surface area contributed by atoms with Crippen LogP contribution in [0.15, 0.2) is 0 Å². The number of aryl methyl sites for hydroxylation is 1. The molecule has 0 aliphatic carbocycles. The zero-order chi connectivity index (χ0) is 22.5. The number of urea groups is 1. The molecule has 29 heavy (non-hydrogen) atoms. The smallest absolute Gasteiger partial charge is 0.355 e. The first-order valence-electron chi connectivity index (χ1n) is 10.3. The van der Waals surface area contributed by atoms with Crippen LogP contribution < -0.4 is 5.32 Å². The van der Waals surface area contributed by atoms with E-state index in [1.54, 1.807) is 32.6 Å². The van der Waals surface area contributed by atoms with Crippen LogP contribution in [0.1, 0.15) is 87.0 Å². The van der Waals surface area contributed by atoms with Crippen molar-refractivity contribution in [1.82, 2.24) is 15.2 Å². The second kappa shape index (κ2) is 9.94. The Morgan fingerprint density at radius 1 is 1.14 bits per heavy atom. The molecule has 2 N–H and O–H groups in total. The number of carbonyl (C=O) groups is 3. The van der Waals surface area contributed by atoms with E-state index >= 15 is 0 Å². The Morgan fingerprint density at radius 2 is 1.72 bits per heavy atom. The van der Waals surface area contributed by atoms with Gasteiger partial charge >= 0.3 is 12.0 Å². The Bertz CT molecular complexity index is 744. The second-order valence-corrected chi connectivity index (χ2v) is 8.94. The predicted octanol–water partition coefficient (Wildman–Crippen LogP) is 4.24. The van der Waals surface area contributed by atoms with Gasteiger partial charge in [0.2, 0.25) is 0 Å². The molecule has 0 radical (unpaired) electrons. The molecular weight excluding hydrogens is 370 g/mol. The van der Waals surface area contributed by atoms with E-state index in [9.17, 15) is 14.4 Å². The van der Waals surface area contributed by atoms with Gasteiger partial charge < -0.3 is 19.9 Å². The van der Waals surface area contributed by atoms with E-state index in [2.05, 4.69) is 24.1 Å². The van der Waals surface area contributed by atoms with E-state index in [0.717, 1.165) is 6.42 Å². The van der Waals surface area contributed by atoms with Crippen LogP contribution in [-0.4, -0.2) is 52.4 Å². The van der Waals surface area contributed by atoms with E-state index in [4.69, 9.17) is 4.74 Å². The summed E-state index contributed by atoms with van der Waals surface area (Å²) in [6.07, 6.45) is 0.786. The third-order valence-corrected chi connectivity index (χ3v) is 4.70. The van der Waals surface area contributed by atoms with Crippen LogP contribution in [-0.2, 0) is 4.74 Å². The standard InChI is InChI=1S/C22H37N3O4/c1-10-29-20(27)18-14(4)17(15(5)23-18)19(26)16(6)25(12-11-13(2)3)21(28)24-22(7,8)9/h13,16,23H,10-12H2,1-9H3,(H,24,28). The average Bonchev–Trinajstić information content (AvgIpc) is 2.87. The van der Waals surface area contributed by atoms with Gasteiger partial charge in [0.15, 0.2) is 5.78 Å². The minimum absolute atomic E-state index is 0.195. The number of ketones is 1. The molecule has 0 spiro atoms. The molecule has 0 aromatic carbocycles. The molecule has 1 rings (SSSR count). The maximum atomic E-state index is 13.3. The minimum Gasteiger partial charge on any atom is -0.461 e. The molecule has 1 atom stereocenters. The number of carbonyl (C=O) groups excluding carboxylic acids is 3. The number of nitrogens with zero attached hydrogens (tertiary/aromatic N) is 1. The SMILES string of the molecule is CCOC(=O)c1[nH]c(C)c(C(=O)C(C)N(CCC(C)C)C(=O)NC(C)(C)C)c1C. The van der Waals surface area contributed by atoms with Gasteiger partial charge in [-0.25, -0.2) is 9.59 Å². The van der Waals surface area contributed by atoms with Crippen LogP contribution in [0.25, 0.3) is 0 Å². The number of H-pyrrole nitrogens is 1. The number of Topliss-reactive ketones (excluding diaryl/α,β-unsaturated/α-hetero) is 1. The number of hydrogen-bond donors (Lipinski definition) is 2. The van der Waals surface area contributed by atoms with Gasteiger partial charge in [0.05, 0.1) is 12.6 Å². The molecule has 0 fully saturated rings. The zero-order valence-electron chi connectivity index (χ0n) is 19.4. The van der Waals surface area contributed by atoms with E-state index < -0.39 is 17.6 Å². The van der Waals surface area contributed by atoms with E-state index in [0.29, 0.717) is 29.3 Å². The number of aromatic nitrogens is 1.